The van der Waals surface area contributed by atoms with E-state index >= 15 is 0 Å². The number of benzene rings is 1. The first-order valence-corrected chi connectivity index (χ1v) is 8.22. The SMILES string of the molecule is CCCCCCCCNC(=O)c1c[nH]c2ccc(F)cc2c1=O. The average Bonchev–Trinajstić information content (AvgIpc) is 2.54. The molecule has 124 valence electrons. The molecule has 4 nitrogen and oxygen atoms in total. The molecule has 1 aromatic carbocycles. The first-order valence-electron chi connectivity index (χ1n) is 8.22. The zero-order valence-corrected chi connectivity index (χ0v) is 13.5. The van der Waals surface area contributed by atoms with E-state index in [0.29, 0.717) is 12.1 Å². The van der Waals surface area contributed by atoms with Gasteiger partial charge >= 0.3 is 0 Å². The highest BCUT2D eigenvalue weighted by atomic mass is 19.1. The van der Waals surface area contributed by atoms with E-state index in [2.05, 4.69) is 17.2 Å². The van der Waals surface area contributed by atoms with Crippen molar-refractivity contribution in [3.05, 3.63) is 46.0 Å². The number of halogens is 1. The molecule has 1 heterocycles. The van der Waals surface area contributed by atoms with Gasteiger partial charge in [0.15, 0.2) is 0 Å². The summed E-state index contributed by atoms with van der Waals surface area (Å²) in [5.74, 6) is -0.904. The number of fused-ring (bicyclic) bond motifs is 1. The van der Waals surface area contributed by atoms with Crippen LogP contribution in [-0.2, 0) is 0 Å². The Morgan fingerprint density at radius 2 is 1.91 bits per heavy atom. The van der Waals surface area contributed by atoms with E-state index in [4.69, 9.17) is 0 Å². The quantitative estimate of drug-likeness (QED) is 0.728. The lowest BCUT2D eigenvalue weighted by atomic mass is 10.1. The highest BCUT2D eigenvalue weighted by Gasteiger charge is 2.12. The molecule has 5 heteroatoms. The fraction of sp³-hybridized carbons (Fsp3) is 0.444. The standard InChI is InChI=1S/C18H23FN2O2/c1-2-3-4-5-6-7-10-20-18(23)15-12-21-16-9-8-13(19)11-14(16)17(15)22/h8-9,11-12H,2-7,10H2,1H3,(H,20,23)(H,21,22). The predicted molar refractivity (Wildman–Crippen MR) is 90.2 cm³/mol. The summed E-state index contributed by atoms with van der Waals surface area (Å²) in [7, 11) is 0. The molecule has 0 aliphatic rings. The Bertz CT molecular complexity index is 725. The van der Waals surface area contributed by atoms with Crippen molar-refractivity contribution in [2.45, 2.75) is 45.4 Å². The third kappa shape index (κ3) is 4.65. The van der Waals surface area contributed by atoms with Crippen LogP contribution in [0.15, 0.2) is 29.2 Å². The van der Waals surface area contributed by atoms with Crippen molar-refractivity contribution in [1.29, 1.82) is 0 Å². The van der Waals surface area contributed by atoms with Gasteiger partial charge in [-0.2, -0.15) is 0 Å². The maximum atomic E-state index is 13.3. The van der Waals surface area contributed by atoms with Crippen LogP contribution in [0.1, 0.15) is 55.8 Å². The summed E-state index contributed by atoms with van der Waals surface area (Å²) in [5.41, 5.74) is 0.0941. The molecule has 2 rings (SSSR count). The predicted octanol–water partition coefficient (Wildman–Crippen LogP) is 3.76. The van der Waals surface area contributed by atoms with E-state index in [9.17, 15) is 14.0 Å². The van der Waals surface area contributed by atoms with Crippen LogP contribution in [0.25, 0.3) is 10.9 Å². The van der Waals surface area contributed by atoms with Crippen molar-refractivity contribution in [2.24, 2.45) is 0 Å². The molecule has 1 aromatic heterocycles. The number of carbonyl (C=O) groups is 1. The first-order chi connectivity index (χ1) is 11.1. The topological polar surface area (TPSA) is 62.0 Å². The minimum absolute atomic E-state index is 0.0223. The van der Waals surface area contributed by atoms with Crippen molar-refractivity contribution < 1.29 is 9.18 Å². The van der Waals surface area contributed by atoms with Crippen LogP contribution in [0, 0.1) is 5.82 Å². The fourth-order valence-electron chi connectivity index (χ4n) is 2.56. The van der Waals surface area contributed by atoms with Gasteiger partial charge in [-0.15, -0.1) is 0 Å². The summed E-state index contributed by atoms with van der Waals surface area (Å²) >= 11 is 0. The Kier molecular flexibility index (Phi) is 6.32. The lowest BCUT2D eigenvalue weighted by Crippen LogP contribution is -2.29. The van der Waals surface area contributed by atoms with Gasteiger partial charge in [0.25, 0.3) is 5.91 Å². The van der Waals surface area contributed by atoms with Crippen LogP contribution in [-0.4, -0.2) is 17.4 Å². The second-order valence-corrected chi connectivity index (χ2v) is 5.75. The maximum Gasteiger partial charge on any atom is 0.256 e. The van der Waals surface area contributed by atoms with Gasteiger partial charge in [0.2, 0.25) is 5.43 Å². The van der Waals surface area contributed by atoms with Gasteiger partial charge < -0.3 is 10.3 Å². The van der Waals surface area contributed by atoms with Gasteiger partial charge in [0.1, 0.15) is 11.4 Å². The highest BCUT2D eigenvalue weighted by Crippen LogP contribution is 2.10. The molecule has 0 unspecified atom stereocenters. The monoisotopic (exact) mass is 318 g/mol. The molecule has 0 atom stereocenters. The Labute approximate surface area is 135 Å². The molecule has 0 saturated heterocycles. The smallest absolute Gasteiger partial charge is 0.256 e. The molecule has 2 N–H and O–H groups in total. The molecule has 0 saturated carbocycles. The Hall–Kier alpha value is -2.17. The van der Waals surface area contributed by atoms with Crippen LogP contribution < -0.4 is 10.7 Å². The number of aromatic amines is 1. The number of pyridine rings is 1. The van der Waals surface area contributed by atoms with E-state index in [-0.39, 0.29) is 10.9 Å². The summed E-state index contributed by atoms with van der Waals surface area (Å²) in [4.78, 5) is 27.3. The van der Waals surface area contributed by atoms with Gasteiger partial charge in [0.05, 0.1) is 0 Å². The van der Waals surface area contributed by atoms with Crippen LogP contribution >= 0.6 is 0 Å². The number of hydrogen-bond acceptors (Lipinski definition) is 2. The number of rotatable bonds is 8. The van der Waals surface area contributed by atoms with Gasteiger partial charge in [-0.3, -0.25) is 9.59 Å². The van der Waals surface area contributed by atoms with Gasteiger partial charge in [0, 0.05) is 23.6 Å². The molecule has 0 radical (unpaired) electrons. The Morgan fingerprint density at radius 3 is 2.70 bits per heavy atom. The minimum atomic E-state index is -0.493. The van der Waals surface area contributed by atoms with Crippen LogP contribution in [0.5, 0.6) is 0 Å². The van der Waals surface area contributed by atoms with E-state index in [0.717, 1.165) is 18.9 Å². The van der Waals surface area contributed by atoms with E-state index in [1.54, 1.807) is 0 Å². The van der Waals surface area contributed by atoms with Crippen molar-refractivity contribution in [3.8, 4) is 0 Å². The van der Waals surface area contributed by atoms with Crippen LogP contribution in [0.2, 0.25) is 0 Å². The van der Waals surface area contributed by atoms with Gasteiger partial charge in [-0.25, -0.2) is 4.39 Å². The number of aromatic nitrogens is 1. The summed E-state index contributed by atoms with van der Waals surface area (Å²) in [6.45, 7) is 2.72. The third-order valence-electron chi connectivity index (χ3n) is 3.90. The fourth-order valence-corrected chi connectivity index (χ4v) is 2.56. The highest BCUT2D eigenvalue weighted by molar-refractivity contribution is 5.97. The normalized spacial score (nSPS) is 10.9. The molecule has 23 heavy (non-hydrogen) atoms. The second-order valence-electron chi connectivity index (χ2n) is 5.75. The summed E-state index contributed by atoms with van der Waals surface area (Å²) in [6.07, 6.45) is 8.20. The summed E-state index contributed by atoms with van der Waals surface area (Å²) in [6, 6.07) is 3.92. The van der Waals surface area contributed by atoms with Crippen molar-refractivity contribution in [3.63, 3.8) is 0 Å². The molecule has 0 bridgehead atoms. The van der Waals surface area contributed by atoms with Crippen molar-refractivity contribution in [2.75, 3.05) is 6.54 Å². The summed E-state index contributed by atoms with van der Waals surface area (Å²) < 4.78 is 13.3. The lowest BCUT2D eigenvalue weighted by Gasteiger charge is -2.06. The van der Waals surface area contributed by atoms with E-state index < -0.39 is 17.2 Å². The first kappa shape index (κ1) is 17.2. The van der Waals surface area contributed by atoms with Crippen molar-refractivity contribution >= 4 is 16.8 Å². The average molecular weight is 318 g/mol. The summed E-state index contributed by atoms with van der Waals surface area (Å²) in [5, 5.41) is 2.95. The number of H-pyrrole nitrogens is 1. The number of unbranched alkanes of at least 4 members (excludes halogenated alkanes) is 5. The van der Waals surface area contributed by atoms with E-state index in [1.165, 1.54) is 44.0 Å². The van der Waals surface area contributed by atoms with Gasteiger partial charge in [-0.05, 0) is 24.6 Å². The van der Waals surface area contributed by atoms with Gasteiger partial charge in [-0.1, -0.05) is 39.0 Å². The Balaban J connectivity index is 1.93. The van der Waals surface area contributed by atoms with E-state index in [1.807, 2.05) is 0 Å². The van der Waals surface area contributed by atoms with Crippen molar-refractivity contribution in [1.82, 2.24) is 10.3 Å². The lowest BCUT2D eigenvalue weighted by molar-refractivity contribution is 0.0951. The number of amides is 1. The second kappa shape index (κ2) is 8.46. The third-order valence-corrected chi connectivity index (χ3v) is 3.90. The molecular weight excluding hydrogens is 295 g/mol. The molecule has 2 aromatic rings. The molecule has 0 fully saturated rings. The van der Waals surface area contributed by atoms with Crippen LogP contribution in [0.3, 0.4) is 0 Å². The molecule has 0 spiro atoms. The zero-order valence-electron chi connectivity index (χ0n) is 13.5. The largest absolute Gasteiger partial charge is 0.360 e. The number of hydrogen-bond donors (Lipinski definition) is 2. The Morgan fingerprint density at radius 1 is 1.17 bits per heavy atom. The molecule has 0 aliphatic heterocycles. The van der Waals surface area contributed by atoms with Crippen LogP contribution in [0.4, 0.5) is 4.39 Å². The molecule has 0 aliphatic carbocycles. The maximum absolute atomic E-state index is 13.3. The number of nitrogens with one attached hydrogen (secondary N) is 2. The molecular formula is C18H23FN2O2. The minimum Gasteiger partial charge on any atom is -0.360 e. The zero-order chi connectivity index (χ0) is 16.7. The number of carbonyl (C=O) groups excluding carboxylic acids is 1. The molecule has 1 amide bonds.